The molecule has 1 heterocycles. The van der Waals surface area contributed by atoms with E-state index in [4.69, 9.17) is 10.5 Å². The van der Waals surface area contributed by atoms with E-state index in [0.29, 0.717) is 29.3 Å². The van der Waals surface area contributed by atoms with Gasteiger partial charge in [-0.3, -0.25) is 4.79 Å². The maximum absolute atomic E-state index is 10.6. The molecule has 120 valence electrons. The fourth-order valence-corrected chi connectivity index (χ4v) is 2.17. The number of anilines is 2. The van der Waals surface area contributed by atoms with Gasteiger partial charge in [-0.25, -0.2) is 9.98 Å². The number of aldehydes is 1. The highest BCUT2D eigenvalue weighted by Gasteiger charge is 2.12. The Hall–Kier alpha value is -2.89. The van der Waals surface area contributed by atoms with Crippen molar-refractivity contribution in [2.75, 3.05) is 18.1 Å². The number of nitrogens with two attached hydrogens (primary N) is 1. The number of carbonyl (C=O) groups excluding carboxylic acids is 1. The molecule has 0 aliphatic carbocycles. The van der Waals surface area contributed by atoms with Crippen LogP contribution in [0.4, 0.5) is 17.2 Å². The third-order valence-corrected chi connectivity index (χ3v) is 3.30. The van der Waals surface area contributed by atoms with Crippen molar-refractivity contribution in [3.8, 4) is 11.5 Å². The summed E-state index contributed by atoms with van der Waals surface area (Å²) in [4.78, 5) is 18.8. The van der Waals surface area contributed by atoms with Crippen LogP contribution in [0.15, 0.2) is 35.5 Å². The quantitative estimate of drug-likeness (QED) is 0.484. The molecule has 3 N–H and O–H groups in total. The van der Waals surface area contributed by atoms with Gasteiger partial charge in [0.25, 0.3) is 0 Å². The molecule has 23 heavy (non-hydrogen) atoms. The monoisotopic (exact) mass is 312 g/mol. The van der Waals surface area contributed by atoms with Crippen LogP contribution in [0, 0.1) is 0 Å². The Morgan fingerprint density at radius 1 is 1.35 bits per heavy atom. The van der Waals surface area contributed by atoms with Crippen LogP contribution in [0.3, 0.4) is 0 Å². The zero-order chi connectivity index (χ0) is 16.8. The molecule has 6 heteroatoms. The SMILES string of the molecule is CNc1nccc(Oc2ccc(N)c(C(C)C)c2)c1N=CC=O. The van der Waals surface area contributed by atoms with Gasteiger partial charge in [-0.2, -0.15) is 0 Å². The number of nitrogens with zero attached hydrogens (tertiary/aromatic N) is 2. The number of ether oxygens (including phenoxy) is 1. The van der Waals surface area contributed by atoms with Crippen molar-refractivity contribution in [3.05, 3.63) is 36.0 Å². The molecule has 0 fully saturated rings. The Morgan fingerprint density at radius 3 is 2.78 bits per heavy atom. The zero-order valence-electron chi connectivity index (χ0n) is 13.4. The lowest BCUT2D eigenvalue weighted by atomic mass is 10.0. The van der Waals surface area contributed by atoms with E-state index in [1.807, 2.05) is 12.1 Å². The van der Waals surface area contributed by atoms with Gasteiger partial charge in [-0.15, -0.1) is 0 Å². The maximum atomic E-state index is 10.6. The molecule has 0 saturated heterocycles. The van der Waals surface area contributed by atoms with Crippen LogP contribution in [-0.4, -0.2) is 24.5 Å². The van der Waals surface area contributed by atoms with Gasteiger partial charge in [-0.05, 0) is 29.7 Å². The van der Waals surface area contributed by atoms with Crippen molar-refractivity contribution in [1.82, 2.24) is 4.98 Å². The minimum atomic E-state index is 0.288. The Labute approximate surface area is 135 Å². The molecule has 2 rings (SSSR count). The molecule has 1 aromatic carbocycles. The number of rotatable bonds is 6. The molecule has 0 amide bonds. The highest BCUT2D eigenvalue weighted by Crippen LogP contribution is 2.37. The van der Waals surface area contributed by atoms with E-state index in [1.54, 1.807) is 25.4 Å². The summed E-state index contributed by atoms with van der Waals surface area (Å²) in [6, 6.07) is 7.23. The number of hydrogen-bond donors (Lipinski definition) is 2. The van der Waals surface area contributed by atoms with Crippen molar-refractivity contribution in [2.45, 2.75) is 19.8 Å². The number of aliphatic imine (C=N–C) groups is 1. The number of hydrogen-bond acceptors (Lipinski definition) is 6. The van der Waals surface area contributed by atoms with E-state index in [1.165, 1.54) is 0 Å². The lowest BCUT2D eigenvalue weighted by molar-refractivity contribution is -0.102. The molecule has 0 radical (unpaired) electrons. The second kappa shape index (κ2) is 7.40. The number of nitrogens with one attached hydrogen (secondary N) is 1. The second-order valence-corrected chi connectivity index (χ2v) is 5.22. The van der Waals surface area contributed by atoms with Crippen LogP contribution in [-0.2, 0) is 4.79 Å². The summed E-state index contributed by atoms with van der Waals surface area (Å²) in [6.07, 6.45) is 3.38. The largest absolute Gasteiger partial charge is 0.455 e. The van der Waals surface area contributed by atoms with Gasteiger partial charge in [0.15, 0.2) is 17.9 Å². The summed E-state index contributed by atoms with van der Waals surface area (Å²) in [5.74, 6) is 1.97. The first-order valence-electron chi connectivity index (χ1n) is 7.28. The predicted octanol–water partition coefficient (Wildman–Crippen LogP) is 3.52. The number of carbonyl (C=O) groups is 1. The van der Waals surface area contributed by atoms with Gasteiger partial charge < -0.3 is 15.8 Å². The van der Waals surface area contributed by atoms with Crippen molar-refractivity contribution in [2.24, 2.45) is 4.99 Å². The zero-order valence-corrected chi connectivity index (χ0v) is 13.4. The van der Waals surface area contributed by atoms with Crippen LogP contribution >= 0.6 is 0 Å². The van der Waals surface area contributed by atoms with Gasteiger partial charge in [0.2, 0.25) is 0 Å². The molecular formula is C17H20N4O2. The van der Waals surface area contributed by atoms with E-state index in [-0.39, 0.29) is 5.92 Å². The number of benzene rings is 1. The summed E-state index contributed by atoms with van der Waals surface area (Å²) in [7, 11) is 1.73. The summed E-state index contributed by atoms with van der Waals surface area (Å²) in [6.45, 7) is 4.14. The lowest BCUT2D eigenvalue weighted by Gasteiger charge is -2.14. The smallest absolute Gasteiger partial charge is 0.161 e. The molecule has 1 aromatic heterocycles. The third kappa shape index (κ3) is 3.85. The first-order chi connectivity index (χ1) is 11.1. The minimum absolute atomic E-state index is 0.288. The fraction of sp³-hybridized carbons (Fsp3) is 0.235. The lowest BCUT2D eigenvalue weighted by Crippen LogP contribution is -1.98. The average Bonchev–Trinajstić information content (AvgIpc) is 2.54. The summed E-state index contributed by atoms with van der Waals surface area (Å²) in [5.41, 5.74) is 8.20. The number of aromatic nitrogens is 1. The third-order valence-electron chi connectivity index (χ3n) is 3.30. The average molecular weight is 312 g/mol. The van der Waals surface area contributed by atoms with Crippen LogP contribution in [0.5, 0.6) is 11.5 Å². The molecule has 2 aromatic rings. The highest BCUT2D eigenvalue weighted by atomic mass is 16.5. The maximum Gasteiger partial charge on any atom is 0.161 e. The van der Waals surface area contributed by atoms with Crippen LogP contribution < -0.4 is 15.8 Å². The normalized spacial score (nSPS) is 11.0. The van der Waals surface area contributed by atoms with Crippen molar-refractivity contribution < 1.29 is 9.53 Å². The first kappa shape index (κ1) is 16.5. The van der Waals surface area contributed by atoms with E-state index in [0.717, 1.165) is 17.5 Å². The van der Waals surface area contributed by atoms with Crippen molar-refractivity contribution in [1.29, 1.82) is 0 Å². The number of pyridine rings is 1. The van der Waals surface area contributed by atoms with Crippen molar-refractivity contribution >= 4 is 29.7 Å². The molecule has 0 bridgehead atoms. The van der Waals surface area contributed by atoms with Crippen LogP contribution in [0.25, 0.3) is 0 Å². The Balaban J connectivity index is 2.42. The van der Waals surface area contributed by atoms with E-state index in [2.05, 4.69) is 29.1 Å². The molecule has 0 atom stereocenters. The van der Waals surface area contributed by atoms with Crippen molar-refractivity contribution in [3.63, 3.8) is 0 Å². The van der Waals surface area contributed by atoms with Gasteiger partial charge in [-0.1, -0.05) is 13.8 Å². The fourth-order valence-electron chi connectivity index (χ4n) is 2.17. The topological polar surface area (TPSA) is 89.6 Å². The summed E-state index contributed by atoms with van der Waals surface area (Å²) >= 11 is 0. The molecule has 0 aliphatic heterocycles. The molecule has 6 nitrogen and oxygen atoms in total. The van der Waals surface area contributed by atoms with Gasteiger partial charge in [0, 0.05) is 25.0 Å². The van der Waals surface area contributed by atoms with E-state index < -0.39 is 0 Å². The minimum Gasteiger partial charge on any atom is -0.455 e. The Kier molecular flexibility index (Phi) is 5.30. The summed E-state index contributed by atoms with van der Waals surface area (Å²) in [5, 5.41) is 2.93. The molecule has 0 aliphatic rings. The first-order valence-corrected chi connectivity index (χ1v) is 7.28. The van der Waals surface area contributed by atoms with E-state index >= 15 is 0 Å². The van der Waals surface area contributed by atoms with Crippen LogP contribution in [0.2, 0.25) is 0 Å². The van der Waals surface area contributed by atoms with Gasteiger partial charge in [0.1, 0.15) is 11.4 Å². The number of nitrogen functional groups attached to an aromatic ring is 1. The Morgan fingerprint density at radius 2 is 2.13 bits per heavy atom. The predicted molar refractivity (Wildman–Crippen MR) is 93.0 cm³/mol. The van der Waals surface area contributed by atoms with Crippen LogP contribution in [0.1, 0.15) is 25.3 Å². The molecule has 0 saturated carbocycles. The Bertz CT molecular complexity index is 727. The standard InChI is InChI=1S/C17H20N4O2/c1-11(2)13-10-12(4-5-14(13)18)23-15-6-7-21-17(19-3)16(15)20-8-9-22/h4-11H,18H2,1-3H3,(H,19,21). The highest BCUT2D eigenvalue weighted by molar-refractivity contribution is 6.14. The molecule has 0 unspecified atom stereocenters. The molecular weight excluding hydrogens is 292 g/mol. The van der Waals surface area contributed by atoms with Gasteiger partial charge >= 0.3 is 0 Å². The molecule has 0 spiro atoms. The summed E-state index contributed by atoms with van der Waals surface area (Å²) < 4.78 is 5.93. The van der Waals surface area contributed by atoms with Gasteiger partial charge in [0.05, 0.1) is 6.21 Å². The van der Waals surface area contributed by atoms with E-state index in [9.17, 15) is 4.79 Å². The second-order valence-electron chi connectivity index (χ2n) is 5.22.